The molecular weight excluding hydrogens is 176 g/mol. The zero-order chi connectivity index (χ0) is 10.3. The lowest BCUT2D eigenvalue weighted by atomic mass is 10.4. The highest BCUT2D eigenvalue weighted by Crippen LogP contribution is 1.88. The van der Waals surface area contributed by atoms with Crippen LogP contribution in [-0.2, 0) is 19.1 Å². The van der Waals surface area contributed by atoms with Gasteiger partial charge in [-0.25, -0.2) is 0 Å². The molecule has 0 fully saturated rings. The first kappa shape index (κ1) is 11.9. The summed E-state index contributed by atoms with van der Waals surface area (Å²) in [6, 6.07) is 0. The van der Waals surface area contributed by atoms with Crippen molar-refractivity contribution in [3.8, 4) is 0 Å². The first-order valence-corrected chi connectivity index (χ1v) is 3.81. The van der Waals surface area contributed by atoms with Gasteiger partial charge >= 0.3 is 0 Å². The van der Waals surface area contributed by atoms with E-state index in [9.17, 15) is 9.59 Å². The molecule has 0 heterocycles. The maximum atomic E-state index is 10.5. The van der Waals surface area contributed by atoms with Crippen LogP contribution in [0.5, 0.6) is 0 Å². The Bertz CT molecular complexity index is 183. The molecule has 0 aliphatic carbocycles. The maximum absolute atomic E-state index is 10.5. The molecule has 0 aromatic rings. The second kappa shape index (κ2) is 6.38. The number of carbonyl (C=O) groups excluding carboxylic acids is 2. The summed E-state index contributed by atoms with van der Waals surface area (Å²) in [5.74, 6) is -1.07. The molecule has 0 aromatic heterocycles. The zero-order valence-corrected chi connectivity index (χ0v) is 7.49. The van der Waals surface area contributed by atoms with Crippen molar-refractivity contribution in [1.29, 1.82) is 0 Å². The van der Waals surface area contributed by atoms with Crippen molar-refractivity contribution in [2.75, 3.05) is 19.8 Å². The molecule has 1 unspecified atom stereocenters. The molecule has 76 valence electrons. The second-order valence-electron chi connectivity index (χ2n) is 2.43. The molecule has 4 N–H and O–H groups in total. The normalized spacial score (nSPS) is 12.4. The van der Waals surface area contributed by atoms with Crippen molar-refractivity contribution < 1.29 is 19.1 Å². The third-order valence-electron chi connectivity index (χ3n) is 1.24. The number of hydrogen-bond acceptors (Lipinski definition) is 4. The number of amides is 2. The molecule has 13 heavy (non-hydrogen) atoms. The van der Waals surface area contributed by atoms with Gasteiger partial charge in [0.1, 0.15) is 12.7 Å². The maximum Gasteiger partial charge on any atom is 0.246 e. The Morgan fingerprint density at radius 1 is 1.31 bits per heavy atom. The van der Waals surface area contributed by atoms with E-state index in [4.69, 9.17) is 20.9 Å². The van der Waals surface area contributed by atoms with E-state index in [1.54, 1.807) is 0 Å². The van der Waals surface area contributed by atoms with Crippen LogP contribution >= 0.6 is 0 Å². The molecule has 0 saturated carbocycles. The van der Waals surface area contributed by atoms with E-state index in [0.29, 0.717) is 0 Å². The lowest BCUT2D eigenvalue weighted by molar-refractivity contribution is -0.130. The van der Waals surface area contributed by atoms with Crippen LogP contribution in [0, 0.1) is 0 Å². The monoisotopic (exact) mass is 190 g/mol. The molecule has 0 rings (SSSR count). The molecule has 6 nitrogen and oxygen atoms in total. The van der Waals surface area contributed by atoms with Gasteiger partial charge in [0.05, 0.1) is 13.2 Å². The molecule has 0 aliphatic rings. The van der Waals surface area contributed by atoms with Crippen LogP contribution in [0.3, 0.4) is 0 Å². The number of carbonyl (C=O) groups is 2. The highest BCUT2D eigenvalue weighted by atomic mass is 16.5. The quantitative estimate of drug-likeness (QED) is 0.470. The van der Waals surface area contributed by atoms with Gasteiger partial charge in [0.2, 0.25) is 11.8 Å². The number of primary amides is 2. The highest BCUT2D eigenvalue weighted by molar-refractivity contribution is 5.78. The summed E-state index contributed by atoms with van der Waals surface area (Å²) >= 11 is 0. The first-order chi connectivity index (χ1) is 6.04. The molecule has 6 heteroatoms. The van der Waals surface area contributed by atoms with Gasteiger partial charge in [-0.15, -0.1) is 0 Å². The van der Waals surface area contributed by atoms with E-state index in [2.05, 4.69) is 0 Å². The Hall–Kier alpha value is -1.14. The molecule has 1 atom stereocenters. The standard InChI is InChI=1S/C7H14N2O4/c1-5(7(9)11)13-3-2-12-4-6(8)10/h5H,2-4H2,1H3,(H2,8,10)(H2,9,11). The highest BCUT2D eigenvalue weighted by Gasteiger charge is 2.07. The third kappa shape index (κ3) is 7.23. The molecule has 0 aliphatic heterocycles. The Kier molecular flexibility index (Phi) is 5.82. The van der Waals surface area contributed by atoms with E-state index in [-0.39, 0.29) is 19.8 Å². The van der Waals surface area contributed by atoms with Crippen LogP contribution in [0.15, 0.2) is 0 Å². The minimum absolute atomic E-state index is 0.145. The van der Waals surface area contributed by atoms with Gasteiger partial charge < -0.3 is 20.9 Å². The minimum atomic E-state index is -0.642. The Morgan fingerprint density at radius 2 is 1.92 bits per heavy atom. The Balaban J connectivity index is 3.26. The van der Waals surface area contributed by atoms with E-state index in [0.717, 1.165) is 0 Å². The molecule has 0 spiro atoms. The molecule has 0 saturated heterocycles. The van der Waals surface area contributed by atoms with Crippen molar-refractivity contribution in [1.82, 2.24) is 0 Å². The summed E-state index contributed by atoms with van der Waals surface area (Å²) < 4.78 is 9.71. The van der Waals surface area contributed by atoms with Crippen molar-refractivity contribution in [2.24, 2.45) is 11.5 Å². The van der Waals surface area contributed by atoms with Crippen LogP contribution in [0.2, 0.25) is 0 Å². The second-order valence-corrected chi connectivity index (χ2v) is 2.43. The van der Waals surface area contributed by atoms with E-state index in [1.165, 1.54) is 6.92 Å². The summed E-state index contributed by atoms with van der Waals surface area (Å²) in [6.07, 6.45) is -0.642. The SMILES string of the molecule is CC(OCCOCC(N)=O)C(N)=O. The van der Waals surface area contributed by atoms with Gasteiger partial charge in [-0.1, -0.05) is 0 Å². The first-order valence-electron chi connectivity index (χ1n) is 3.81. The fourth-order valence-corrected chi connectivity index (χ4v) is 0.539. The van der Waals surface area contributed by atoms with Crippen LogP contribution < -0.4 is 11.5 Å². The van der Waals surface area contributed by atoms with Crippen molar-refractivity contribution >= 4 is 11.8 Å². The van der Waals surface area contributed by atoms with Crippen molar-refractivity contribution in [3.05, 3.63) is 0 Å². The minimum Gasteiger partial charge on any atom is -0.369 e. The molecular formula is C7H14N2O4. The van der Waals surface area contributed by atoms with E-state index < -0.39 is 17.9 Å². The largest absolute Gasteiger partial charge is 0.369 e. The van der Waals surface area contributed by atoms with E-state index >= 15 is 0 Å². The fraction of sp³-hybridized carbons (Fsp3) is 0.714. The lowest BCUT2D eigenvalue weighted by Crippen LogP contribution is -2.29. The predicted molar refractivity (Wildman–Crippen MR) is 44.6 cm³/mol. The summed E-state index contributed by atoms with van der Waals surface area (Å²) in [7, 11) is 0. The Labute approximate surface area is 76.2 Å². The van der Waals surface area contributed by atoms with Crippen molar-refractivity contribution in [3.63, 3.8) is 0 Å². The number of hydrogen-bond donors (Lipinski definition) is 2. The van der Waals surface area contributed by atoms with Gasteiger partial charge in [0.15, 0.2) is 0 Å². The van der Waals surface area contributed by atoms with Crippen LogP contribution in [0.25, 0.3) is 0 Å². The summed E-state index contributed by atoms with van der Waals surface area (Å²) in [5.41, 5.74) is 9.72. The van der Waals surface area contributed by atoms with Gasteiger partial charge in [-0.3, -0.25) is 9.59 Å². The Morgan fingerprint density at radius 3 is 2.38 bits per heavy atom. The summed E-state index contributed by atoms with van der Waals surface area (Å²) in [5, 5.41) is 0. The number of ether oxygens (including phenoxy) is 2. The van der Waals surface area contributed by atoms with Gasteiger partial charge in [-0.05, 0) is 6.92 Å². The van der Waals surface area contributed by atoms with Crippen LogP contribution in [0.4, 0.5) is 0 Å². The molecule has 2 amide bonds. The average Bonchev–Trinajstić information content (AvgIpc) is 2.02. The fourth-order valence-electron chi connectivity index (χ4n) is 0.539. The summed E-state index contributed by atoms with van der Waals surface area (Å²) in [4.78, 5) is 20.6. The van der Waals surface area contributed by atoms with Crippen LogP contribution in [0.1, 0.15) is 6.92 Å². The van der Waals surface area contributed by atoms with Gasteiger partial charge in [0, 0.05) is 0 Å². The zero-order valence-electron chi connectivity index (χ0n) is 7.49. The molecule has 0 radical (unpaired) electrons. The van der Waals surface area contributed by atoms with Gasteiger partial charge in [0.25, 0.3) is 0 Å². The molecule has 0 aromatic carbocycles. The number of rotatable bonds is 7. The summed E-state index contributed by atoms with van der Waals surface area (Å²) in [6.45, 7) is 1.81. The third-order valence-corrected chi connectivity index (χ3v) is 1.24. The smallest absolute Gasteiger partial charge is 0.246 e. The topological polar surface area (TPSA) is 105 Å². The van der Waals surface area contributed by atoms with Gasteiger partial charge in [-0.2, -0.15) is 0 Å². The lowest BCUT2D eigenvalue weighted by Gasteiger charge is -2.08. The predicted octanol–water partition coefficient (Wildman–Crippen LogP) is -1.62. The average molecular weight is 190 g/mol. The van der Waals surface area contributed by atoms with E-state index in [1.807, 2.05) is 0 Å². The van der Waals surface area contributed by atoms with Crippen molar-refractivity contribution in [2.45, 2.75) is 13.0 Å². The van der Waals surface area contributed by atoms with Crippen LogP contribution in [-0.4, -0.2) is 37.7 Å². The molecule has 0 bridgehead atoms. The number of nitrogens with two attached hydrogens (primary N) is 2.